The van der Waals surface area contributed by atoms with Crippen molar-refractivity contribution in [1.82, 2.24) is 5.32 Å². The second kappa shape index (κ2) is 7.53. The van der Waals surface area contributed by atoms with E-state index in [9.17, 15) is 15.3 Å². The summed E-state index contributed by atoms with van der Waals surface area (Å²) in [6, 6.07) is 11.3. The number of para-hydroxylation sites is 1. The molecule has 2 rings (SSSR count). The molecule has 2 atom stereocenters. The van der Waals surface area contributed by atoms with Gasteiger partial charge in [0.05, 0.1) is 35.8 Å². The Balaban J connectivity index is 2.63. The Hall–Kier alpha value is -2.70. The van der Waals surface area contributed by atoms with Gasteiger partial charge in [-0.2, -0.15) is 10.5 Å². The fraction of sp³-hybridized carbons (Fsp3) is 0.235. The summed E-state index contributed by atoms with van der Waals surface area (Å²) in [4.78, 5) is 12.3. The first-order valence-electron chi connectivity index (χ1n) is 6.89. The fourth-order valence-corrected chi connectivity index (χ4v) is 3.27. The third kappa shape index (κ3) is 3.23. The molecule has 5 nitrogen and oxygen atoms in total. The van der Waals surface area contributed by atoms with Gasteiger partial charge in [0.25, 0.3) is 0 Å². The molecule has 0 bridgehead atoms. The number of allylic oxidation sites excluding steroid dienone is 1. The van der Waals surface area contributed by atoms with Crippen molar-refractivity contribution in [2.24, 2.45) is 5.92 Å². The molecule has 1 heterocycles. The molecule has 0 aromatic heterocycles. The molecular formula is C17H15N3O2S. The molecule has 0 radical (unpaired) electrons. The number of rotatable bonds is 5. The van der Waals surface area contributed by atoms with Crippen molar-refractivity contribution >= 4 is 17.7 Å². The second-order valence-corrected chi connectivity index (χ2v) is 5.80. The minimum Gasteiger partial charge on any atom is -0.496 e. The lowest BCUT2D eigenvalue weighted by Crippen LogP contribution is -2.39. The highest BCUT2D eigenvalue weighted by molar-refractivity contribution is 8.03. The van der Waals surface area contributed by atoms with Crippen molar-refractivity contribution in [1.29, 1.82) is 10.5 Å². The van der Waals surface area contributed by atoms with Gasteiger partial charge < -0.3 is 10.1 Å². The molecule has 0 fully saturated rings. The smallest absolute Gasteiger partial charge is 0.243 e. The van der Waals surface area contributed by atoms with Crippen molar-refractivity contribution in [2.45, 2.75) is 5.92 Å². The number of thioether (sulfide) groups is 1. The van der Waals surface area contributed by atoms with Gasteiger partial charge in [-0.15, -0.1) is 18.3 Å². The highest BCUT2D eigenvalue weighted by atomic mass is 32.2. The van der Waals surface area contributed by atoms with Crippen LogP contribution in [0, 0.1) is 28.6 Å². The first-order valence-corrected chi connectivity index (χ1v) is 7.87. The van der Waals surface area contributed by atoms with Gasteiger partial charge in [-0.05, 0) is 6.07 Å². The lowest BCUT2D eigenvalue weighted by molar-refractivity contribution is -0.123. The maximum absolute atomic E-state index is 12.3. The summed E-state index contributed by atoms with van der Waals surface area (Å²) in [6.07, 6.45) is 1.69. The molecule has 1 aliphatic heterocycles. The summed E-state index contributed by atoms with van der Waals surface area (Å²) in [6.45, 7) is 3.64. The highest BCUT2D eigenvalue weighted by Gasteiger charge is 2.40. The van der Waals surface area contributed by atoms with Crippen LogP contribution in [0.3, 0.4) is 0 Å². The van der Waals surface area contributed by atoms with Crippen molar-refractivity contribution in [2.75, 3.05) is 12.9 Å². The summed E-state index contributed by atoms with van der Waals surface area (Å²) in [5.41, 5.74) is 1.03. The summed E-state index contributed by atoms with van der Waals surface area (Å²) in [5, 5.41) is 22.2. The van der Waals surface area contributed by atoms with E-state index < -0.39 is 17.7 Å². The third-order valence-electron chi connectivity index (χ3n) is 3.49. The molecule has 23 heavy (non-hydrogen) atoms. The van der Waals surface area contributed by atoms with E-state index in [2.05, 4.69) is 18.0 Å². The van der Waals surface area contributed by atoms with Crippen molar-refractivity contribution in [3.8, 4) is 17.9 Å². The van der Waals surface area contributed by atoms with Crippen LogP contribution in [0.15, 0.2) is 47.5 Å². The number of hydrogen-bond acceptors (Lipinski definition) is 5. The minimum absolute atomic E-state index is 0.368. The predicted molar refractivity (Wildman–Crippen MR) is 88.3 cm³/mol. The van der Waals surface area contributed by atoms with Crippen molar-refractivity contribution < 1.29 is 9.53 Å². The molecule has 1 aromatic rings. The van der Waals surface area contributed by atoms with Crippen LogP contribution in [0.4, 0.5) is 0 Å². The quantitative estimate of drug-likeness (QED) is 0.841. The molecule has 1 amide bonds. The molecule has 6 heteroatoms. The maximum Gasteiger partial charge on any atom is 0.243 e. The van der Waals surface area contributed by atoms with Gasteiger partial charge in [-0.25, -0.2) is 0 Å². The standard InChI is InChI=1S/C17H15N3O2S/c1-3-8-23-17-13(10-19)15(12(9-18)16(21)20-17)11-6-4-5-7-14(11)22-2/h3-7,12,15H,1,8H2,2H3,(H,20,21)/t12-,15+/m0/s1. The van der Waals surface area contributed by atoms with E-state index >= 15 is 0 Å². The van der Waals surface area contributed by atoms with Crippen molar-refractivity contribution in [3.05, 3.63) is 53.1 Å². The number of hydrogen-bond donors (Lipinski definition) is 1. The number of amides is 1. The number of carbonyl (C=O) groups excluding carboxylic acids is 1. The Morgan fingerprint density at radius 2 is 2.17 bits per heavy atom. The lowest BCUT2D eigenvalue weighted by atomic mass is 9.79. The van der Waals surface area contributed by atoms with Crippen LogP contribution >= 0.6 is 11.8 Å². The monoisotopic (exact) mass is 325 g/mol. The molecule has 1 aliphatic rings. The van der Waals surface area contributed by atoms with E-state index in [4.69, 9.17) is 4.74 Å². The zero-order chi connectivity index (χ0) is 16.8. The number of benzene rings is 1. The van der Waals surface area contributed by atoms with Gasteiger partial charge in [-0.1, -0.05) is 24.3 Å². The summed E-state index contributed by atoms with van der Waals surface area (Å²) in [5.74, 6) is -0.935. The van der Waals surface area contributed by atoms with E-state index in [0.29, 0.717) is 27.7 Å². The molecule has 116 valence electrons. The van der Waals surface area contributed by atoms with Crippen LogP contribution in [-0.4, -0.2) is 18.8 Å². The average molecular weight is 325 g/mol. The van der Waals surface area contributed by atoms with Crippen LogP contribution in [0.25, 0.3) is 0 Å². The van der Waals surface area contributed by atoms with Gasteiger partial charge in [0, 0.05) is 11.3 Å². The maximum atomic E-state index is 12.3. The molecular weight excluding hydrogens is 310 g/mol. The van der Waals surface area contributed by atoms with Gasteiger partial charge in [0.1, 0.15) is 11.7 Å². The van der Waals surface area contributed by atoms with Gasteiger partial charge in [0.15, 0.2) is 0 Å². The molecule has 0 unspecified atom stereocenters. The Morgan fingerprint density at radius 3 is 2.78 bits per heavy atom. The van der Waals surface area contributed by atoms with Gasteiger partial charge in [0.2, 0.25) is 5.91 Å². The normalized spacial score (nSPS) is 20.2. The van der Waals surface area contributed by atoms with E-state index in [-0.39, 0.29) is 0 Å². The summed E-state index contributed by atoms with van der Waals surface area (Å²) in [7, 11) is 1.52. The van der Waals surface area contributed by atoms with Crippen LogP contribution in [0.5, 0.6) is 5.75 Å². The van der Waals surface area contributed by atoms with Crippen molar-refractivity contribution in [3.63, 3.8) is 0 Å². The Morgan fingerprint density at radius 1 is 1.43 bits per heavy atom. The number of ether oxygens (including phenoxy) is 1. The second-order valence-electron chi connectivity index (χ2n) is 4.77. The zero-order valence-electron chi connectivity index (χ0n) is 12.6. The number of carbonyl (C=O) groups is 1. The largest absolute Gasteiger partial charge is 0.496 e. The topological polar surface area (TPSA) is 85.9 Å². The fourth-order valence-electron chi connectivity index (χ4n) is 2.48. The van der Waals surface area contributed by atoms with Crippen LogP contribution in [-0.2, 0) is 4.79 Å². The first kappa shape index (κ1) is 16.7. The Kier molecular flexibility index (Phi) is 5.46. The summed E-state index contributed by atoms with van der Waals surface area (Å²) >= 11 is 1.32. The Labute approximate surface area is 139 Å². The number of nitrogens with zero attached hydrogens (tertiary/aromatic N) is 2. The lowest BCUT2D eigenvalue weighted by Gasteiger charge is -2.29. The van der Waals surface area contributed by atoms with Crippen LogP contribution < -0.4 is 10.1 Å². The van der Waals surface area contributed by atoms with E-state index in [0.717, 1.165) is 0 Å². The third-order valence-corrected chi connectivity index (χ3v) is 4.50. The van der Waals surface area contributed by atoms with E-state index in [1.807, 2.05) is 6.07 Å². The van der Waals surface area contributed by atoms with Gasteiger partial charge in [-0.3, -0.25) is 4.79 Å². The Bertz CT molecular complexity index is 743. The molecule has 0 saturated heterocycles. The first-order chi connectivity index (χ1) is 11.2. The highest BCUT2D eigenvalue weighted by Crippen LogP contribution is 2.42. The predicted octanol–water partition coefficient (Wildman–Crippen LogP) is 2.70. The number of methoxy groups -OCH3 is 1. The molecule has 0 spiro atoms. The van der Waals surface area contributed by atoms with Crippen LogP contribution in [0.2, 0.25) is 0 Å². The molecule has 0 aliphatic carbocycles. The van der Waals surface area contributed by atoms with E-state index in [1.165, 1.54) is 18.9 Å². The summed E-state index contributed by atoms with van der Waals surface area (Å²) < 4.78 is 5.34. The SMILES string of the molecule is C=CCSC1=C(C#N)[C@H](c2ccccc2OC)[C@H](C#N)C(=O)N1. The molecule has 0 saturated carbocycles. The molecule has 1 N–H and O–H groups in total. The minimum atomic E-state index is -0.978. The average Bonchev–Trinajstić information content (AvgIpc) is 2.59. The zero-order valence-corrected chi connectivity index (χ0v) is 13.4. The number of nitriles is 2. The van der Waals surface area contributed by atoms with Crippen LogP contribution in [0.1, 0.15) is 11.5 Å². The van der Waals surface area contributed by atoms with Gasteiger partial charge >= 0.3 is 0 Å². The molecule has 1 aromatic carbocycles. The van der Waals surface area contributed by atoms with E-state index in [1.54, 1.807) is 30.3 Å². The number of nitrogens with one attached hydrogen (secondary N) is 1.